The van der Waals surface area contributed by atoms with Gasteiger partial charge in [0.25, 0.3) is 0 Å². The van der Waals surface area contributed by atoms with Gasteiger partial charge in [0, 0.05) is 39.4 Å². The topological polar surface area (TPSA) is 82.3 Å². The zero-order chi connectivity index (χ0) is 22.8. The van der Waals surface area contributed by atoms with Crippen LogP contribution in [0.2, 0.25) is 0 Å². The van der Waals surface area contributed by atoms with Crippen molar-refractivity contribution in [1.29, 1.82) is 0 Å². The van der Waals surface area contributed by atoms with E-state index in [1.165, 1.54) is 20.9 Å². The summed E-state index contributed by atoms with van der Waals surface area (Å²) in [6.45, 7) is 4.39. The molecule has 0 aliphatic carbocycles. The first kappa shape index (κ1) is 21.8. The van der Waals surface area contributed by atoms with Crippen LogP contribution in [0.15, 0.2) is 54.6 Å². The third kappa shape index (κ3) is 4.44. The van der Waals surface area contributed by atoms with E-state index < -0.39 is 0 Å². The van der Waals surface area contributed by atoms with Crippen molar-refractivity contribution in [2.24, 2.45) is 0 Å². The maximum atomic E-state index is 6.21. The van der Waals surface area contributed by atoms with Crippen LogP contribution in [0.3, 0.4) is 0 Å². The second-order valence-electron chi connectivity index (χ2n) is 8.39. The van der Waals surface area contributed by atoms with Crippen molar-refractivity contribution in [3.05, 3.63) is 70.7 Å². The predicted octanol–water partition coefficient (Wildman–Crippen LogP) is 4.98. The first-order valence-electron chi connectivity index (χ1n) is 11.3. The van der Waals surface area contributed by atoms with Crippen molar-refractivity contribution in [3.63, 3.8) is 0 Å². The second-order valence-corrected chi connectivity index (χ2v) is 9.51. The van der Waals surface area contributed by atoms with E-state index in [-0.39, 0.29) is 12.0 Å². The number of hydrogen-bond acceptors (Lipinski definition) is 7. The maximum Gasteiger partial charge on any atom is 0.154 e. The van der Waals surface area contributed by atoms with Gasteiger partial charge in [0.1, 0.15) is 11.9 Å². The summed E-state index contributed by atoms with van der Waals surface area (Å²) in [6, 6.07) is 18.9. The van der Waals surface area contributed by atoms with E-state index in [1.54, 1.807) is 11.3 Å². The first-order chi connectivity index (χ1) is 16.1. The van der Waals surface area contributed by atoms with Gasteiger partial charge in [-0.2, -0.15) is 5.10 Å². The Balaban J connectivity index is 1.46. The van der Waals surface area contributed by atoms with Gasteiger partial charge in [-0.1, -0.05) is 31.2 Å². The molecule has 0 saturated carbocycles. The zero-order valence-electron chi connectivity index (χ0n) is 18.9. The molecular weight excluding hydrogens is 432 g/mol. The largest absolute Gasteiger partial charge is 0.488 e. The molecule has 2 aromatic heterocycles. The predicted molar refractivity (Wildman–Crippen MR) is 134 cm³/mol. The van der Waals surface area contributed by atoms with Gasteiger partial charge >= 0.3 is 0 Å². The number of nitrogens with zero attached hydrogens (tertiary/aromatic N) is 2. The number of thiophene rings is 1. The van der Waals surface area contributed by atoms with E-state index >= 15 is 0 Å². The monoisotopic (exact) mass is 460 g/mol. The third-order valence-electron chi connectivity index (χ3n) is 6.11. The molecule has 4 aromatic rings. The van der Waals surface area contributed by atoms with Crippen LogP contribution in [0, 0.1) is 0 Å². The van der Waals surface area contributed by atoms with Gasteiger partial charge < -0.3 is 20.5 Å². The van der Waals surface area contributed by atoms with Crippen LogP contribution in [0.5, 0.6) is 5.75 Å². The molecular formula is C26H28N4O2S. The summed E-state index contributed by atoms with van der Waals surface area (Å²) in [5, 5.41) is 13.9. The molecule has 0 bridgehead atoms. The molecule has 3 heterocycles. The van der Waals surface area contributed by atoms with Gasteiger partial charge in [0.05, 0.1) is 18.9 Å². The Morgan fingerprint density at radius 3 is 2.85 bits per heavy atom. The normalized spacial score (nSPS) is 16.8. The summed E-state index contributed by atoms with van der Waals surface area (Å²) in [6.07, 6.45) is 0.995. The molecule has 1 saturated heterocycles. The molecule has 1 aliphatic heterocycles. The molecule has 33 heavy (non-hydrogen) atoms. The van der Waals surface area contributed by atoms with Crippen molar-refractivity contribution < 1.29 is 9.47 Å². The fraction of sp³-hybridized carbons (Fsp3) is 0.308. The Hall–Kier alpha value is -3.00. The van der Waals surface area contributed by atoms with E-state index in [0.717, 1.165) is 41.8 Å². The molecule has 3 N–H and O–H groups in total. The van der Waals surface area contributed by atoms with Crippen molar-refractivity contribution in [3.8, 4) is 16.2 Å². The van der Waals surface area contributed by atoms with E-state index in [9.17, 15) is 0 Å². The molecule has 5 rings (SSSR count). The van der Waals surface area contributed by atoms with Gasteiger partial charge in [-0.25, -0.2) is 0 Å². The smallest absolute Gasteiger partial charge is 0.154 e. The van der Waals surface area contributed by atoms with Gasteiger partial charge in [-0.3, -0.25) is 0 Å². The minimum Gasteiger partial charge on any atom is -0.488 e. The van der Waals surface area contributed by atoms with E-state index in [4.69, 9.17) is 15.2 Å². The minimum atomic E-state index is 0.0887. The number of anilines is 1. The molecule has 2 atom stereocenters. The molecule has 2 aromatic carbocycles. The van der Waals surface area contributed by atoms with E-state index in [2.05, 4.69) is 58.8 Å². The molecule has 0 unspecified atom stereocenters. The number of ether oxygens (including phenoxy) is 2. The highest BCUT2D eigenvalue weighted by Gasteiger charge is 2.21. The number of rotatable bonds is 7. The lowest BCUT2D eigenvalue weighted by Crippen LogP contribution is -2.15. The Morgan fingerprint density at radius 1 is 1.15 bits per heavy atom. The van der Waals surface area contributed by atoms with Gasteiger partial charge in [-0.15, -0.1) is 16.4 Å². The van der Waals surface area contributed by atoms with Gasteiger partial charge in [0.15, 0.2) is 5.82 Å². The minimum absolute atomic E-state index is 0.0887. The second kappa shape index (κ2) is 9.47. The van der Waals surface area contributed by atoms with Crippen molar-refractivity contribution in [2.45, 2.75) is 31.9 Å². The fourth-order valence-electron chi connectivity index (χ4n) is 4.34. The summed E-state index contributed by atoms with van der Waals surface area (Å²) in [7, 11) is 1.97. The summed E-state index contributed by atoms with van der Waals surface area (Å²) >= 11 is 1.80. The van der Waals surface area contributed by atoms with Crippen molar-refractivity contribution >= 4 is 27.9 Å². The Kier molecular flexibility index (Phi) is 6.26. The average molecular weight is 461 g/mol. The van der Waals surface area contributed by atoms with Crippen LogP contribution in [0.25, 0.3) is 21.2 Å². The summed E-state index contributed by atoms with van der Waals surface area (Å²) < 4.78 is 11.5. The lowest BCUT2D eigenvalue weighted by molar-refractivity contribution is 0.141. The molecule has 1 fully saturated rings. The fourth-order valence-corrected chi connectivity index (χ4v) is 5.46. The van der Waals surface area contributed by atoms with Crippen LogP contribution in [0.4, 0.5) is 5.82 Å². The highest BCUT2D eigenvalue weighted by atomic mass is 32.1. The van der Waals surface area contributed by atoms with Crippen molar-refractivity contribution in [2.75, 3.05) is 26.0 Å². The van der Waals surface area contributed by atoms with Crippen molar-refractivity contribution in [1.82, 2.24) is 15.5 Å². The molecule has 6 nitrogen and oxygen atoms in total. The number of fused-ring (bicyclic) bond motifs is 1. The molecule has 7 heteroatoms. The summed E-state index contributed by atoms with van der Waals surface area (Å²) in [4.78, 5) is 2.50. The van der Waals surface area contributed by atoms with Crippen LogP contribution < -0.4 is 15.8 Å². The number of aromatic nitrogens is 2. The maximum absolute atomic E-state index is 6.21. The first-order valence-corrected chi connectivity index (χ1v) is 12.1. The van der Waals surface area contributed by atoms with Crippen LogP contribution in [-0.4, -0.2) is 36.6 Å². The summed E-state index contributed by atoms with van der Waals surface area (Å²) in [5.74, 6) is 1.29. The zero-order valence-corrected chi connectivity index (χ0v) is 19.7. The highest BCUT2D eigenvalue weighted by molar-refractivity contribution is 7.15. The molecule has 0 radical (unpaired) electrons. The Morgan fingerprint density at radius 2 is 2.03 bits per heavy atom. The van der Waals surface area contributed by atoms with Gasteiger partial charge in [-0.05, 0) is 48.5 Å². The number of hydrogen-bond donors (Lipinski definition) is 2. The number of nitrogen functional groups attached to an aromatic ring is 1. The van der Waals surface area contributed by atoms with E-state index in [0.29, 0.717) is 12.4 Å². The third-order valence-corrected chi connectivity index (χ3v) is 7.41. The Bertz CT molecular complexity index is 1270. The van der Waals surface area contributed by atoms with Gasteiger partial charge in [0.2, 0.25) is 0 Å². The molecule has 0 spiro atoms. The molecule has 1 aliphatic rings. The van der Waals surface area contributed by atoms with Crippen LogP contribution in [0.1, 0.15) is 35.4 Å². The lowest BCUT2D eigenvalue weighted by atomic mass is 9.99. The van der Waals surface area contributed by atoms with Crippen LogP contribution in [-0.2, 0) is 11.3 Å². The van der Waals surface area contributed by atoms with Crippen LogP contribution >= 0.6 is 11.3 Å². The standard InChI is InChI=1S/C26H28N4O2S/c1-16(23-9-10-24(33-23)20-6-4-3-5-17(20)14-28-2)25-21-8-7-18(32-19-11-12-31-15-19)13-22(21)26(27)30-29-25/h3-10,13,16,19,28H,11-12,14-15H2,1-2H3,(H2,27,30)/t16-,19-/m0/s1. The highest BCUT2D eigenvalue weighted by Crippen LogP contribution is 2.38. The lowest BCUT2D eigenvalue weighted by Gasteiger charge is -2.15. The number of benzene rings is 2. The molecule has 170 valence electrons. The Labute approximate surface area is 197 Å². The van der Waals surface area contributed by atoms with E-state index in [1.807, 2.05) is 25.2 Å². The number of nitrogens with one attached hydrogen (secondary N) is 1. The SMILES string of the molecule is CNCc1ccccc1-c1ccc([C@H](C)c2nnc(N)c3cc(O[C@H]4CCOC4)ccc23)s1. The number of nitrogens with two attached hydrogens (primary N) is 1. The summed E-state index contributed by atoms with van der Waals surface area (Å²) in [5.41, 5.74) is 9.69. The molecule has 0 amide bonds. The quantitative estimate of drug-likeness (QED) is 0.405. The average Bonchev–Trinajstić information content (AvgIpc) is 3.52.